The van der Waals surface area contributed by atoms with E-state index in [0.717, 1.165) is 17.8 Å². The predicted octanol–water partition coefficient (Wildman–Crippen LogP) is 3.17. The fourth-order valence-corrected chi connectivity index (χ4v) is 4.28. The van der Waals surface area contributed by atoms with Crippen molar-refractivity contribution in [3.63, 3.8) is 0 Å². The van der Waals surface area contributed by atoms with Crippen molar-refractivity contribution in [1.82, 2.24) is 10.2 Å². The van der Waals surface area contributed by atoms with Gasteiger partial charge < -0.3 is 10.2 Å². The first kappa shape index (κ1) is 15.6. The summed E-state index contributed by atoms with van der Waals surface area (Å²) in [4.78, 5) is 2.77. The van der Waals surface area contributed by atoms with Crippen LogP contribution >= 0.6 is 12.4 Å². The van der Waals surface area contributed by atoms with Gasteiger partial charge in [-0.05, 0) is 74.9 Å². The summed E-state index contributed by atoms with van der Waals surface area (Å²) >= 11 is 0. The Labute approximate surface area is 125 Å². The number of hydrogen-bond acceptors (Lipinski definition) is 2. The highest BCUT2D eigenvalue weighted by atomic mass is 35.5. The molecule has 0 amide bonds. The number of hydrogen-bond donors (Lipinski definition) is 1. The Morgan fingerprint density at radius 3 is 2.47 bits per heavy atom. The van der Waals surface area contributed by atoms with Crippen molar-refractivity contribution in [2.45, 2.75) is 46.0 Å². The molecule has 3 fully saturated rings. The van der Waals surface area contributed by atoms with Gasteiger partial charge in [0.15, 0.2) is 0 Å². The van der Waals surface area contributed by atoms with Crippen molar-refractivity contribution in [3.8, 4) is 0 Å². The number of likely N-dealkylation sites (tertiary alicyclic amines) is 1. The summed E-state index contributed by atoms with van der Waals surface area (Å²) in [6.07, 6.45) is 7.26. The maximum absolute atomic E-state index is 3.57. The van der Waals surface area contributed by atoms with Crippen LogP contribution in [0.3, 0.4) is 0 Å². The molecule has 3 heteroatoms. The molecule has 2 nitrogen and oxygen atoms in total. The van der Waals surface area contributed by atoms with E-state index in [4.69, 9.17) is 0 Å². The van der Waals surface area contributed by atoms with E-state index in [-0.39, 0.29) is 12.4 Å². The highest BCUT2D eigenvalue weighted by molar-refractivity contribution is 5.85. The molecule has 3 aliphatic rings. The monoisotopic (exact) mass is 286 g/mol. The quantitative estimate of drug-likeness (QED) is 0.839. The number of piperidine rings is 1. The third kappa shape index (κ3) is 3.86. The van der Waals surface area contributed by atoms with Crippen LogP contribution in [-0.2, 0) is 0 Å². The van der Waals surface area contributed by atoms with Crippen LogP contribution in [0.5, 0.6) is 0 Å². The van der Waals surface area contributed by atoms with Crippen molar-refractivity contribution in [3.05, 3.63) is 0 Å². The predicted molar refractivity (Wildman–Crippen MR) is 83.9 cm³/mol. The van der Waals surface area contributed by atoms with E-state index < -0.39 is 0 Å². The lowest BCUT2D eigenvalue weighted by molar-refractivity contribution is 0.0993. The SMILES string of the molecule is CC1(C)CCC(CN2CCC3CNCC3C2)CC1.Cl. The summed E-state index contributed by atoms with van der Waals surface area (Å²) in [6, 6.07) is 0. The largest absolute Gasteiger partial charge is 0.316 e. The Kier molecular flexibility index (Phi) is 5.19. The molecule has 0 spiro atoms. The number of fused-ring (bicyclic) bond motifs is 1. The van der Waals surface area contributed by atoms with Gasteiger partial charge in [0.1, 0.15) is 0 Å². The second kappa shape index (κ2) is 6.32. The average Bonchev–Trinajstić information content (AvgIpc) is 2.79. The Morgan fingerprint density at radius 2 is 1.74 bits per heavy atom. The summed E-state index contributed by atoms with van der Waals surface area (Å²) in [5.74, 6) is 2.94. The molecule has 0 aromatic carbocycles. The molecule has 1 N–H and O–H groups in total. The molecule has 0 bridgehead atoms. The lowest BCUT2D eigenvalue weighted by Crippen LogP contribution is -2.43. The molecule has 1 aliphatic carbocycles. The van der Waals surface area contributed by atoms with E-state index in [1.165, 1.54) is 64.8 Å². The number of nitrogens with one attached hydrogen (secondary N) is 1. The van der Waals surface area contributed by atoms with E-state index in [1.807, 2.05) is 0 Å². The van der Waals surface area contributed by atoms with Crippen LogP contribution in [-0.4, -0.2) is 37.6 Å². The molecule has 0 aromatic heterocycles. The lowest BCUT2D eigenvalue weighted by Gasteiger charge is -2.40. The van der Waals surface area contributed by atoms with Gasteiger partial charge in [-0.3, -0.25) is 0 Å². The molecular weight excluding hydrogens is 256 g/mol. The van der Waals surface area contributed by atoms with Crippen LogP contribution < -0.4 is 5.32 Å². The summed E-state index contributed by atoms with van der Waals surface area (Å²) in [6.45, 7) is 11.6. The van der Waals surface area contributed by atoms with E-state index in [1.54, 1.807) is 0 Å². The van der Waals surface area contributed by atoms with Crippen LogP contribution in [0, 0.1) is 23.2 Å². The van der Waals surface area contributed by atoms with Crippen LogP contribution in [0.4, 0.5) is 0 Å². The molecular formula is C16H31ClN2. The molecule has 19 heavy (non-hydrogen) atoms. The van der Waals surface area contributed by atoms with Gasteiger partial charge in [0, 0.05) is 13.1 Å². The van der Waals surface area contributed by atoms with Crippen molar-refractivity contribution < 1.29 is 0 Å². The third-order valence-corrected chi connectivity index (χ3v) is 5.76. The fourth-order valence-electron chi connectivity index (χ4n) is 4.28. The summed E-state index contributed by atoms with van der Waals surface area (Å²) < 4.78 is 0. The molecule has 0 radical (unpaired) electrons. The van der Waals surface area contributed by atoms with E-state index in [0.29, 0.717) is 5.41 Å². The number of halogens is 1. The lowest BCUT2D eigenvalue weighted by atomic mass is 9.73. The minimum absolute atomic E-state index is 0. The Balaban J connectivity index is 0.00000133. The van der Waals surface area contributed by atoms with Gasteiger partial charge in [0.05, 0.1) is 0 Å². The molecule has 2 aliphatic heterocycles. The fraction of sp³-hybridized carbons (Fsp3) is 1.00. The Bertz CT molecular complexity index is 282. The second-order valence-corrected chi connectivity index (χ2v) is 7.83. The van der Waals surface area contributed by atoms with Crippen LogP contribution in [0.15, 0.2) is 0 Å². The van der Waals surface area contributed by atoms with Gasteiger partial charge >= 0.3 is 0 Å². The van der Waals surface area contributed by atoms with Crippen LogP contribution in [0.1, 0.15) is 46.0 Å². The minimum atomic E-state index is 0. The Hall–Kier alpha value is 0.210. The second-order valence-electron chi connectivity index (χ2n) is 7.83. The first-order valence-corrected chi connectivity index (χ1v) is 8.05. The summed E-state index contributed by atoms with van der Waals surface area (Å²) in [7, 11) is 0. The zero-order chi connectivity index (χ0) is 12.6. The standard InChI is InChI=1S/C16H30N2.ClH/c1-16(2)6-3-13(4-7-16)11-18-8-5-14-9-17-10-15(14)12-18;/h13-15,17H,3-12H2,1-2H3;1H. The van der Waals surface area contributed by atoms with Crippen LogP contribution in [0.2, 0.25) is 0 Å². The maximum Gasteiger partial charge on any atom is 0.00251 e. The molecule has 0 aromatic rings. The first-order valence-electron chi connectivity index (χ1n) is 8.05. The maximum atomic E-state index is 3.57. The summed E-state index contributed by atoms with van der Waals surface area (Å²) in [5, 5.41) is 3.57. The van der Waals surface area contributed by atoms with Gasteiger partial charge in [-0.1, -0.05) is 13.8 Å². The highest BCUT2D eigenvalue weighted by Gasteiger charge is 2.34. The zero-order valence-electron chi connectivity index (χ0n) is 12.7. The smallest absolute Gasteiger partial charge is 0.00251 e. The van der Waals surface area contributed by atoms with Gasteiger partial charge in [0.25, 0.3) is 0 Å². The molecule has 112 valence electrons. The van der Waals surface area contributed by atoms with E-state index >= 15 is 0 Å². The van der Waals surface area contributed by atoms with Crippen molar-refractivity contribution in [2.24, 2.45) is 23.2 Å². The molecule has 3 rings (SSSR count). The van der Waals surface area contributed by atoms with Crippen molar-refractivity contribution in [1.29, 1.82) is 0 Å². The summed E-state index contributed by atoms with van der Waals surface area (Å²) in [5.41, 5.74) is 0.624. The van der Waals surface area contributed by atoms with E-state index in [2.05, 4.69) is 24.1 Å². The number of nitrogens with zero attached hydrogens (tertiary/aromatic N) is 1. The first-order chi connectivity index (χ1) is 8.62. The van der Waals surface area contributed by atoms with Gasteiger partial charge in [-0.25, -0.2) is 0 Å². The minimum Gasteiger partial charge on any atom is -0.316 e. The van der Waals surface area contributed by atoms with Gasteiger partial charge in [-0.15, -0.1) is 12.4 Å². The Morgan fingerprint density at radius 1 is 1.05 bits per heavy atom. The third-order valence-electron chi connectivity index (χ3n) is 5.76. The molecule has 2 saturated heterocycles. The van der Waals surface area contributed by atoms with Crippen molar-refractivity contribution in [2.75, 3.05) is 32.7 Å². The number of rotatable bonds is 2. The molecule has 2 atom stereocenters. The zero-order valence-corrected chi connectivity index (χ0v) is 13.5. The molecule has 2 unspecified atom stereocenters. The van der Waals surface area contributed by atoms with Crippen molar-refractivity contribution >= 4 is 12.4 Å². The normalized spacial score (nSPS) is 35.7. The average molecular weight is 287 g/mol. The van der Waals surface area contributed by atoms with Gasteiger partial charge in [-0.2, -0.15) is 0 Å². The van der Waals surface area contributed by atoms with Crippen LogP contribution in [0.25, 0.3) is 0 Å². The van der Waals surface area contributed by atoms with E-state index in [9.17, 15) is 0 Å². The highest BCUT2D eigenvalue weighted by Crippen LogP contribution is 2.38. The van der Waals surface area contributed by atoms with Gasteiger partial charge in [0.2, 0.25) is 0 Å². The topological polar surface area (TPSA) is 15.3 Å². The molecule has 1 saturated carbocycles. The molecule has 2 heterocycles.